The van der Waals surface area contributed by atoms with E-state index in [0.29, 0.717) is 11.5 Å². The fraction of sp³-hybridized carbons (Fsp3) is 0.375. The van der Waals surface area contributed by atoms with Crippen molar-refractivity contribution in [3.8, 4) is 0 Å². The molecule has 0 bridgehead atoms. The Kier molecular flexibility index (Phi) is 4.15. The highest BCUT2D eigenvalue weighted by atomic mass is 16.1. The van der Waals surface area contributed by atoms with Gasteiger partial charge in [0.2, 0.25) is 0 Å². The molecule has 0 aliphatic rings. The largest absolute Gasteiger partial charge is 0.356 e. The van der Waals surface area contributed by atoms with Gasteiger partial charge in [-0.25, -0.2) is 4.98 Å². The van der Waals surface area contributed by atoms with Gasteiger partial charge in [-0.15, -0.1) is 0 Å². The average Bonchev–Trinajstić information content (AvgIpc) is 2.43. The SMILES string of the molecule is CCN(CC(C)C)c1nc2ccccc2cc1C=O. The molecule has 1 heterocycles. The van der Waals surface area contributed by atoms with Crippen LogP contribution in [0.25, 0.3) is 10.9 Å². The fourth-order valence-electron chi connectivity index (χ4n) is 2.27. The number of carbonyl (C=O) groups excluding carboxylic acids is 1. The maximum atomic E-state index is 11.3. The van der Waals surface area contributed by atoms with Gasteiger partial charge in [0.15, 0.2) is 6.29 Å². The number of benzene rings is 1. The lowest BCUT2D eigenvalue weighted by Gasteiger charge is -2.25. The second-order valence-electron chi connectivity index (χ2n) is 5.14. The third kappa shape index (κ3) is 2.92. The number of aromatic nitrogens is 1. The lowest BCUT2D eigenvalue weighted by molar-refractivity contribution is 0.112. The average molecular weight is 256 g/mol. The summed E-state index contributed by atoms with van der Waals surface area (Å²) in [7, 11) is 0. The van der Waals surface area contributed by atoms with Crippen LogP contribution in [0.4, 0.5) is 5.82 Å². The number of nitrogens with zero attached hydrogens (tertiary/aromatic N) is 2. The monoisotopic (exact) mass is 256 g/mol. The number of anilines is 1. The smallest absolute Gasteiger partial charge is 0.153 e. The summed E-state index contributed by atoms with van der Waals surface area (Å²) in [5.41, 5.74) is 1.60. The Morgan fingerprint density at radius 2 is 2.05 bits per heavy atom. The number of aldehydes is 1. The van der Waals surface area contributed by atoms with Crippen molar-refractivity contribution >= 4 is 23.0 Å². The highest BCUT2D eigenvalue weighted by molar-refractivity contribution is 5.91. The Labute approximate surface area is 114 Å². The maximum absolute atomic E-state index is 11.3. The van der Waals surface area contributed by atoms with E-state index >= 15 is 0 Å². The summed E-state index contributed by atoms with van der Waals surface area (Å²) >= 11 is 0. The van der Waals surface area contributed by atoms with E-state index in [1.165, 1.54) is 0 Å². The van der Waals surface area contributed by atoms with Crippen molar-refractivity contribution < 1.29 is 4.79 Å². The number of rotatable bonds is 5. The first-order valence-electron chi connectivity index (χ1n) is 6.75. The zero-order valence-electron chi connectivity index (χ0n) is 11.8. The molecule has 3 heteroatoms. The molecule has 19 heavy (non-hydrogen) atoms. The molecule has 0 spiro atoms. The van der Waals surface area contributed by atoms with Crippen LogP contribution in [-0.2, 0) is 0 Å². The van der Waals surface area contributed by atoms with Crippen LogP contribution < -0.4 is 4.90 Å². The summed E-state index contributed by atoms with van der Waals surface area (Å²) < 4.78 is 0. The predicted octanol–water partition coefficient (Wildman–Crippen LogP) is 3.53. The van der Waals surface area contributed by atoms with Crippen LogP contribution in [0.1, 0.15) is 31.1 Å². The van der Waals surface area contributed by atoms with Gasteiger partial charge in [0.05, 0.1) is 11.1 Å². The van der Waals surface area contributed by atoms with Gasteiger partial charge in [-0.1, -0.05) is 32.0 Å². The first kappa shape index (κ1) is 13.5. The maximum Gasteiger partial charge on any atom is 0.153 e. The van der Waals surface area contributed by atoms with Gasteiger partial charge in [0.1, 0.15) is 5.82 Å². The molecule has 0 aliphatic carbocycles. The third-order valence-corrected chi connectivity index (χ3v) is 3.13. The van der Waals surface area contributed by atoms with E-state index in [2.05, 4.69) is 30.7 Å². The Balaban J connectivity index is 2.53. The zero-order chi connectivity index (χ0) is 13.8. The summed E-state index contributed by atoms with van der Waals surface area (Å²) in [6.07, 6.45) is 0.901. The lowest BCUT2D eigenvalue weighted by atomic mass is 10.1. The van der Waals surface area contributed by atoms with Crippen molar-refractivity contribution in [3.05, 3.63) is 35.9 Å². The first-order valence-corrected chi connectivity index (χ1v) is 6.75. The van der Waals surface area contributed by atoms with E-state index in [1.54, 1.807) is 0 Å². The lowest BCUT2D eigenvalue weighted by Crippen LogP contribution is -2.29. The van der Waals surface area contributed by atoms with Gasteiger partial charge in [-0.3, -0.25) is 4.79 Å². The van der Waals surface area contributed by atoms with E-state index in [4.69, 9.17) is 0 Å². The second kappa shape index (κ2) is 5.83. The van der Waals surface area contributed by atoms with Crippen molar-refractivity contribution in [1.29, 1.82) is 0 Å². The van der Waals surface area contributed by atoms with E-state index in [9.17, 15) is 4.79 Å². The number of pyridine rings is 1. The van der Waals surface area contributed by atoms with Crippen LogP contribution in [0, 0.1) is 5.92 Å². The molecule has 0 atom stereocenters. The van der Waals surface area contributed by atoms with Crippen LogP contribution in [0.2, 0.25) is 0 Å². The van der Waals surface area contributed by atoms with Crippen LogP contribution in [-0.4, -0.2) is 24.4 Å². The molecular weight excluding hydrogens is 236 g/mol. The molecule has 0 saturated carbocycles. The summed E-state index contributed by atoms with van der Waals surface area (Å²) in [6, 6.07) is 9.82. The van der Waals surface area contributed by atoms with Crippen molar-refractivity contribution in [2.75, 3.05) is 18.0 Å². The van der Waals surface area contributed by atoms with Crippen LogP contribution in [0.3, 0.4) is 0 Å². The van der Waals surface area contributed by atoms with E-state index in [1.807, 2.05) is 30.3 Å². The standard InChI is InChI=1S/C16H20N2O/c1-4-18(10-12(2)3)16-14(11-19)9-13-7-5-6-8-15(13)17-16/h5-9,11-12H,4,10H2,1-3H3. The highest BCUT2D eigenvalue weighted by Gasteiger charge is 2.13. The number of fused-ring (bicyclic) bond motifs is 1. The molecular formula is C16H20N2O. The topological polar surface area (TPSA) is 33.2 Å². The molecule has 0 N–H and O–H groups in total. The number of para-hydroxylation sites is 1. The molecule has 0 fully saturated rings. The van der Waals surface area contributed by atoms with Crippen molar-refractivity contribution in [1.82, 2.24) is 4.98 Å². The van der Waals surface area contributed by atoms with Gasteiger partial charge in [0.25, 0.3) is 0 Å². The minimum atomic E-state index is 0.535. The van der Waals surface area contributed by atoms with E-state index < -0.39 is 0 Å². The van der Waals surface area contributed by atoms with Gasteiger partial charge < -0.3 is 4.90 Å². The molecule has 2 aromatic rings. The Morgan fingerprint density at radius 3 is 2.68 bits per heavy atom. The molecule has 0 amide bonds. The molecule has 0 unspecified atom stereocenters. The third-order valence-electron chi connectivity index (χ3n) is 3.13. The minimum Gasteiger partial charge on any atom is -0.356 e. The first-order chi connectivity index (χ1) is 9.15. The van der Waals surface area contributed by atoms with E-state index in [0.717, 1.165) is 36.1 Å². The molecule has 0 aliphatic heterocycles. The molecule has 3 nitrogen and oxygen atoms in total. The molecule has 0 saturated heterocycles. The normalized spacial score (nSPS) is 10.9. The number of hydrogen-bond acceptors (Lipinski definition) is 3. The molecule has 100 valence electrons. The Hall–Kier alpha value is -1.90. The number of carbonyl (C=O) groups is 1. The van der Waals surface area contributed by atoms with Crippen LogP contribution in [0.15, 0.2) is 30.3 Å². The molecule has 2 rings (SSSR count). The second-order valence-corrected chi connectivity index (χ2v) is 5.14. The van der Waals surface area contributed by atoms with Gasteiger partial charge in [-0.05, 0) is 25.0 Å². The molecule has 1 aromatic heterocycles. The molecule has 1 aromatic carbocycles. The quantitative estimate of drug-likeness (QED) is 0.767. The van der Waals surface area contributed by atoms with Gasteiger partial charge >= 0.3 is 0 Å². The summed E-state index contributed by atoms with van der Waals surface area (Å²) in [4.78, 5) is 18.1. The summed E-state index contributed by atoms with van der Waals surface area (Å²) in [5, 5.41) is 1.01. The van der Waals surface area contributed by atoms with Crippen molar-refractivity contribution in [3.63, 3.8) is 0 Å². The summed E-state index contributed by atoms with van der Waals surface area (Å²) in [5.74, 6) is 1.33. The highest BCUT2D eigenvalue weighted by Crippen LogP contribution is 2.23. The zero-order valence-corrected chi connectivity index (χ0v) is 11.8. The Bertz CT molecular complexity index is 578. The minimum absolute atomic E-state index is 0.535. The fourth-order valence-corrected chi connectivity index (χ4v) is 2.27. The number of hydrogen-bond donors (Lipinski definition) is 0. The van der Waals surface area contributed by atoms with Gasteiger partial charge in [-0.2, -0.15) is 0 Å². The van der Waals surface area contributed by atoms with Crippen molar-refractivity contribution in [2.45, 2.75) is 20.8 Å². The predicted molar refractivity (Wildman–Crippen MR) is 79.9 cm³/mol. The van der Waals surface area contributed by atoms with Gasteiger partial charge in [0, 0.05) is 18.5 Å². The van der Waals surface area contributed by atoms with Crippen LogP contribution >= 0.6 is 0 Å². The summed E-state index contributed by atoms with van der Waals surface area (Å²) in [6.45, 7) is 8.19. The van der Waals surface area contributed by atoms with Crippen LogP contribution in [0.5, 0.6) is 0 Å². The van der Waals surface area contributed by atoms with Crippen molar-refractivity contribution in [2.24, 2.45) is 5.92 Å². The Morgan fingerprint density at radius 1 is 1.32 bits per heavy atom. The molecule has 0 radical (unpaired) electrons. The van der Waals surface area contributed by atoms with E-state index in [-0.39, 0.29) is 0 Å².